The Labute approximate surface area is 540 Å². The smallest absolute Gasteiger partial charge is 0.414 e. The fourth-order valence-electron chi connectivity index (χ4n) is 18.0. The van der Waals surface area contributed by atoms with Gasteiger partial charge in [-0.05, 0) is 199 Å². The van der Waals surface area contributed by atoms with Gasteiger partial charge < -0.3 is 24.2 Å². The van der Waals surface area contributed by atoms with Crippen LogP contribution in [-0.2, 0) is 61.2 Å². The number of hydrogen-bond acceptors (Lipinski definition) is 11. The Morgan fingerprint density at radius 3 is 1.54 bits per heavy atom. The lowest BCUT2D eigenvalue weighted by molar-refractivity contribution is -0.508. The first-order valence-electron chi connectivity index (χ1n) is 33.2. The van der Waals surface area contributed by atoms with Crippen LogP contribution in [-0.4, -0.2) is 119 Å². The van der Waals surface area contributed by atoms with Crippen molar-refractivity contribution in [1.29, 1.82) is 0 Å². The summed E-state index contributed by atoms with van der Waals surface area (Å²) in [6, 6.07) is 21.0. The number of hydrogen-bond donors (Lipinski definition) is 1. The third-order valence-electron chi connectivity index (χ3n) is 21.3. The summed E-state index contributed by atoms with van der Waals surface area (Å²) in [5.74, 6) is 0. The highest BCUT2D eigenvalue weighted by Gasteiger charge is 2.49. The number of nitro groups is 2. The molecule has 0 saturated carbocycles. The van der Waals surface area contributed by atoms with E-state index in [4.69, 9.17) is 16.3 Å². The second-order valence-electron chi connectivity index (χ2n) is 27.5. The number of allylic oxidation sites excluding steroid dienone is 3. The highest BCUT2D eigenvalue weighted by Crippen LogP contribution is 2.53. The lowest BCUT2D eigenvalue weighted by Crippen LogP contribution is -2.74. The summed E-state index contributed by atoms with van der Waals surface area (Å²) in [5, 5.41) is 27.9. The minimum absolute atomic E-state index is 0.00838. The van der Waals surface area contributed by atoms with E-state index in [0.29, 0.717) is 5.56 Å². The molecule has 10 heterocycles. The van der Waals surface area contributed by atoms with Gasteiger partial charge in [-0.15, -0.1) is 11.3 Å². The molecule has 0 atom stereocenters. The molecule has 0 spiro atoms. The number of aryl methyl sites for hydroxylation is 3. The zero-order valence-electron chi connectivity index (χ0n) is 53.5. The molecule has 1 saturated heterocycles. The summed E-state index contributed by atoms with van der Waals surface area (Å²) in [6.45, 7) is 18.9. The fourth-order valence-corrected chi connectivity index (χ4v) is 26.0. The molecule has 0 aromatic heterocycles. The quantitative estimate of drug-likeness (QED) is 0.0411. The SMILES string of the molecule is CN(C(=O)OCc1ccc([N+](=O)[O-])cc1)C1=C2C=C3CCC=[N+]4CCCC(=C2[Si](C)(C)c2c1cc1c5c2CCCN5CCC1)[C-]34.C[NH+]=C1c2cc3c4c(c2[Si](C)(C)c2c1cc1c5c2CCCN5CCC1)CCCN4CCC3.O=C(Cl)OCc1ccc([N+](=O)[O-])cc1. The molecule has 10 aliphatic heterocycles. The van der Waals surface area contributed by atoms with E-state index in [1.54, 1.807) is 72.2 Å². The van der Waals surface area contributed by atoms with Gasteiger partial charge in [0.15, 0.2) is 0 Å². The number of carbonyl (C=O) groups excluding carboxylic acids is 2. The molecule has 5 aromatic carbocycles. The van der Waals surface area contributed by atoms with Crippen molar-refractivity contribution in [3.05, 3.63) is 182 Å². The number of carbonyl (C=O) groups is 2. The Morgan fingerprint density at radius 2 is 1.08 bits per heavy atom. The summed E-state index contributed by atoms with van der Waals surface area (Å²) in [7, 11) is -0.0196. The summed E-state index contributed by atoms with van der Waals surface area (Å²) in [4.78, 5) is 58.2. The molecule has 0 radical (unpaired) electrons. The van der Waals surface area contributed by atoms with E-state index in [-0.39, 0.29) is 24.6 Å². The molecule has 1 fully saturated rings. The van der Waals surface area contributed by atoms with Crippen LogP contribution in [0.5, 0.6) is 0 Å². The van der Waals surface area contributed by atoms with Gasteiger partial charge in [-0.25, -0.2) is 14.6 Å². The Hall–Kier alpha value is -7.81. The molecule has 16 nitrogen and oxygen atoms in total. The second-order valence-corrected chi connectivity index (χ2v) is 36.3. The Kier molecular flexibility index (Phi) is 16.0. The number of anilines is 3. The number of rotatable bonds is 7. The maximum absolute atomic E-state index is 13.9. The van der Waals surface area contributed by atoms with Crippen molar-refractivity contribution in [2.75, 3.05) is 74.6 Å². The van der Waals surface area contributed by atoms with Crippen LogP contribution < -0.4 is 35.3 Å². The number of benzene rings is 5. The summed E-state index contributed by atoms with van der Waals surface area (Å²) in [6.07, 6.45) is 23.5. The highest BCUT2D eigenvalue weighted by atomic mass is 35.5. The van der Waals surface area contributed by atoms with Crippen LogP contribution in [0.15, 0.2) is 94.7 Å². The van der Waals surface area contributed by atoms with E-state index < -0.39 is 37.5 Å². The lowest BCUT2D eigenvalue weighted by atomic mass is 9.79. The molecule has 472 valence electrons. The average molecular weight is 1280 g/mol. The largest absolute Gasteiger partial charge is 0.449 e. The molecule has 1 aliphatic carbocycles. The van der Waals surface area contributed by atoms with Crippen LogP contribution in [0.1, 0.15) is 125 Å². The van der Waals surface area contributed by atoms with Crippen LogP contribution in [0.25, 0.3) is 5.70 Å². The number of piperidine rings is 1. The molecule has 1 N–H and O–H groups in total. The monoisotopic (exact) mass is 1280 g/mol. The molecule has 0 bridgehead atoms. The lowest BCUT2D eigenvalue weighted by Gasteiger charge is -2.50. The van der Waals surface area contributed by atoms with Crippen molar-refractivity contribution in [2.45, 2.75) is 142 Å². The van der Waals surface area contributed by atoms with Crippen molar-refractivity contribution < 1.29 is 38.5 Å². The molecule has 11 aliphatic rings. The number of ether oxygens (including phenoxy) is 2. The summed E-state index contributed by atoms with van der Waals surface area (Å²) >= 11 is 4.94. The van der Waals surface area contributed by atoms with Gasteiger partial charge in [-0.2, -0.15) is 0 Å². The normalized spacial score (nSPS) is 19.5. The molecule has 16 rings (SSSR count). The van der Waals surface area contributed by atoms with Crippen LogP contribution in [0, 0.1) is 26.3 Å². The standard InChI is InChI=1S/C36H40N4O4Si.C28H35N3Si.C8H6ClNO4/c1-37(36(41)44-22-23-12-14-26(15-13-23)40(42)43)33-29-20-24-8-4-16-38-18-6-10-27(31(24)38)34(29)45(2,3)35-28-11-7-19-39-17-5-9-25(32(28)39)21-30(33)35;1-29-24-22-16-18-8-4-12-30-14-6-10-20(25(18)30)27(22)32(2,3)28-21-11-7-15-31-13-5-9-19(26(21)31)17-23(24)28;9-8(11)14-5-6-1-3-7(4-2-6)10(12)13/h12-16,20-21H,4-11,17-19,22H2,1-3H3;16-17H,4-15H2,1-3H3;1-4H,5H2/p+1. The number of amides is 1. The van der Waals surface area contributed by atoms with Crippen LogP contribution in [0.4, 0.5) is 38.0 Å². The number of fused-ring (bicyclic) bond motifs is 7. The van der Waals surface area contributed by atoms with Gasteiger partial charge in [0.05, 0.1) is 24.1 Å². The Morgan fingerprint density at radius 1 is 0.626 bits per heavy atom. The fraction of sp³-hybridized carbons (Fsp3) is 0.431. The van der Waals surface area contributed by atoms with Crippen LogP contribution in [0.2, 0.25) is 26.2 Å². The van der Waals surface area contributed by atoms with Gasteiger partial charge in [0.2, 0.25) is 5.71 Å². The minimum Gasteiger partial charge on any atom is -0.449 e. The number of nitro benzene ring substituents is 2. The van der Waals surface area contributed by atoms with E-state index >= 15 is 0 Å². The molecule has 5 aromatic rings. The van der Waals surface area contributed by atoms with Gasteiger partial charge in [0, 0.05) is 122 Å². The van der Waals surface area contributed by atoms with E-state index in [2.05, 4.69) is 92.7 Å². The van der Waals surface area contributed by atoms with Gasteiger partial charge in [-0.1, -0.05) is 48.1 Å². The van der Waals surface area contributed by atoms with E-state index in [1.165, 1.54) is 182 Å². The summed E-state index contributed by atoms with van der Waals surface area (Å²) < 4.78 is 12.9. The van der Waals surface area contributed by atoms with Crippen molar-refractivity contribution in [2.24, 2.45) is 0 Å². The molecule has 91 heavy (non-hydrogen) atoms. The second kappa shape index (κ2) is 24.0. The maximum Gasteiger partial charge on any atom is 0.414 e. The Balaban J connectivity index is 0.000000136. The van der Waals surface area contributed by atoms with Crippen LogP contribution in [0.3, 0.4) is 0 Å². The van der Waals surface area contributed by atoms with Gasteiger partial charge in [0.25, 0.3) is 11.4 Å². The van der Waals surface area contributed by atoms with Crippen molar-refractivity contribution in [3.8, 4) is 0 Å². The first-order valence-corrected chi connectivity index (χ1v) is 39.5. The Bertz CT molecular complexity index is 3980. The first-order chi connectivity index (χ1) is 43.9. The van der Waals surface area contributed by atoms with Gasteiger partial charge in [-0.3, -0.25) is 29.7 Å². The highest BCUT2D eigenvalue weighted by molar-refractivity contribution is 7.03. The topological polar surface area (TPSA) is 169 Å². The average Bonchev–Trinajstić information content (AvgIpc) is 0.701. The minimum atomic E-state index is -2.20. The number of nitrogens with one attached hydrogen (secondary N) is 1. The molecule has 1 amide bonds. The molecular weight excluding hydrogens is 1200 g/mol. The van der Waals surface area contributed by atoms with E-state index in [9.17, 15) is 29.8 Å². The third kappa shape index (κ3) is 10.5. The van der Waals surface area contributed by atoms with Gasteiger partial charge in [0.1, 0.15) is 40.9 Å². The summed E-state index contributed by atoms with van der Waals surface area (Å²) in [5.41, 5.74) is 25.8. The number of nitrogens with zero attached hydrogens (tertiary/aromatic N) is 7. The van der Waals surface area contributed by atoms with Gasteiger partial charge >= 0.3 is 11.5 Å². The molecular formula is C72H82ClN8O8Si2+. The van der Waals surface area contributed by atoms with Crippen molar-refractivity contribution >= 4 is 101 Å². The van der Waals surface area contributed by atoms with E-state index in [0.717, 1.165) is 75.8 Å². The zero-order chi connectivity index (χ0) is 63.2. The zero-order valence-corrected chi connectivity index (χ0v) is 56.2. The first kappa shape index (κ1) is 60.7. The maximum atomic E-state index is 13.9. The third-order valence-corrected chi connectivity index (χ3v) is 28.7. The molecule has 0 unspecified atom stereocenters. The van der Waals surface area contributed by atoms with Crippen LogP contribution >= 0.6 is 11.6 Å². The molecule has 19 heteroatoms. The predicted molar refractivity (Wildman–Crippen MR) is 365 cm³/mol. The predicted octanol–water partition coefficient (Wildman–Crippen LogP) is 10.4. The number of halogens is 1. The van der Waals surface area contributed by atoms with E-state index in [1.807, 2.05) is 7.05 Å². The van der Waals surface area contributed by atoms with Crippen molar-refractivity contribution in [1.82, 2.24) is 4.90 Å². The van der Waals surface area contributed by atoms with Crippen molar-refractivity contribution in [3.63, 3.8) is 0 Å². The number of non-ortho nitro benzene ring substituents is 2.